The molecule has 3 amide bonds. The van der Waals surface area contributed by atoms with Gasteiger partial charge in [0.2, 0.25) is 5.76 Å². The molecule has 0 spiro atoms. The number of imide groups is 1. The minimum atomic E-state index is -0.698. The molecule has 1 fully saturated rings. The predicted octanol–water partition coefficient (Wildman–Crippen LogP) is 4.73. The SMILES string of the molecule is CC1=CC[C@H]2C(=O)N(N(CC(=O)c3ccc(OC(=O)c4ccco4)cc3)C(=O)c3ccc(Cl)cc3)C(=O)[C@@H]2C1. The topological polar surface area (TPSA) is 114 Å². The highest BCUT2D eigenvalue weighted by atomic mass is 35.5. The van der Waals surface area contributed by atoms with Crippen molar-refractivity contribution < 1.29 is 33.1 Å². The van der Waals surface area contributed by atoms with E-state index in [1.165, 1.54) is 60.9 Å². The quantitative estimate of drug-likeness (QED) is 0.138. The van der Waals surface area contributed by atoms with Gasteiger partial charge in [-0.3, -0.25) is 19.2 Å². The van der Waals surface area contributed by atoms with Crippen LogP contribution in [0.5, 0.6) is 5.75 Å². The van der Waals surface area contributed by atoms with Crippen LogP contribution in [0.4, 0.5) is 0 Å². The molecule has 0 radical (unpaired) electrons. The summed E-state index contributed by atoms with van der Waals surface area (Å²) in [4.78, 5) is 65.7. The number of ether oxygens (including phenoxy) is 1. The average Bonchev–Trinajstić information content (AvgIpc) is 3.55. The third-order valence-corrected chi connectivity index (χ3v) is 7.02. The Morgan fingerprint density at radius 3 is 2.31 bits per heavy atom. The molecule has 0 saturated carbocycles. The van der Waals surface area contributed by atoms with Gasteiger partial charge in [-0.2, -0.15) is 5.01 Å². The second-order valence-corrected chi connectivity index (χ2v) is 9.81. The number of hydrogen-bond donors (Lipinski definition) is 0. The fourth-order valence-electron chi connectivity index (χ4n) is 4.72. The second-order valence-electron chi connectivity index (χ2n) is 9.38. The van der Waals surface area contributed by atoms with Crippen molar-refractivity contribution in [2.45, 2.75) is 19.8 Å². The van der Waals surface area contributed by atoms with Crippen molar-refractivity contribution in [1.82, 2.24) is 10.0 Å². The smallest absolute Gasteiger partial charge is 0.379 e. The summed E-state index contributed by atoms with van der Waals surface area (Å²) in [5.41, 5.74) is 1.35. The Labute approximate surface area is 228 Å². The number of Topliss-reactive ketones (excluding diaryl/α,β-unsaturated/α-hetero) is 1. The molecule has 0 bridgehead atoms. The normalized spacial score (nSPS) is 18.4. The zero-order valence-electron chi connectivity index (χ0n) is 20.8. The first-order chi connectivity index (χ1) is 18.7. The number of fused-ring (bicyclic) bond motifs is 1. The van der Waals surface area contributed by atoms with E-state index in [0.29, 0.717) is 17.9 Å². The number of amides is 3. The van der Waals surface area contributed by atoms with Gasteiger partial charge in [-0.05, 0) is 80.4 Å². The minimum Gasteiger partial charge on any atom is -0.457 e. The highest BCUT2D eigenvalue weighted by Gasteiger charge is 2.51. The number of furan rings is 1. The highest BCUT2D eigenvalue weighted by molar-refractivity contribution is 6.30. The number of carbonyl (C=O) groups is 5. The molecule has 2 aromatic carbocycles. The maximum atomic E-state index is 13.6. The first-order valence-corrected chi connectivity index (χ1v) is 12.6. The molecule has 0 N–H and O–H groups in total. The van der Waals surface area contributed by atoms with Crippen LogP contribution in [0.15, 0.2) is 83.0 Å². The standard InChI is InChI=1S/C29H23ClN2O7/c1-17-4-13-22-23(15-17)28(36)32(27(22)35)31(26(34)19-5-9-20(30)10-6-19)16-24(33)18-7-11-21(12-8-18)39-29(37)25-3-2-14-38-25/h2-12,14,22-23H,13,15-16H2,1H3/t22-,23-/m1/s1. The molecule has 9 nitrogen and oxygen atoms in total. The second kappa shape index (κ2) is 10.7. The molecule has 1 saturated heterocycles. The lowest BCUT2D eigenvalue weighted by Crippen LogP contribution is -2.52. The Morgan fingerprint density at radius 2 is 1.64 bits per heavy atom. The molecule has 10 heteroatoms. The summed E-state index contributed by atoms with van der Waals surface area (Å²) in [7, 11) is 0. The lowest BCUT2D eigenvalue weighted by atomic mass is 9.82. The maximum absolute atomic E-state index is 13.6. The Balaban J connectivity index is 1.39. The van der Waals surface area contributed by atoms with Crippen molar-refractivity contribution in [2.24, 2.45) is 11.8 Å². The Kier molecular flexibility index (Phi) is 7.17. The van der Waals surface area contributed by atoms with E-state index >= 15 is 0 Å². The largest absolute Gasteiger partial charge is 0.457 e. The van der Waals surface area contributed by atoms with Gasteiger partial charge in [0, 0.05) is 16.1 Å². The molecule has 1 aliphatic carbocycles. The van der Waals surface area contributed by atoms with E-state index in [-0.39, 0.29) is 22.6 Å². The van der Waals surface area contributed by atoms with Crippen LogP contribution in [-0.4, -0.2) is 46.0 Å². The van der Waals surface area contributed by atoms with Crippen LogP contribution in [-0.2, 0) is 9.59 Å². The van der Waals surface area contributed by atoms with E-state index in [2.05, 4.69) is 0 Å². The summed E-state index contributed by atoms with van der Waals surface area (Å²) in [6, 6.07) is 14.7. The number of esters is 1. The molecule has 2 aliphatic rings. The first-order valence-electron chi connectivity index (χ1n) is 12.2. The van der Waals surface area contributed by atoms with Crippen LogP contribution in [0.25, 0.3) is 0 Å². The van der Waals surface area contributed by atoms with Gasteiger partial charge in [0.05, 0.1) is 18.1 Å². The van der Waals surface area contributed by atoms with E-state index in [4.69, 9.17) is 20.8 Å². The van der Waals surface area contributed by atoms with E-state index in [1.807, 2.05) is 13.0 Å². The van der Waals surface area contributed by atoms with Gasteiger partial charge < -0.3 is 9.15 Å². The van der Waals surface area contributed by atoms with Crippen LogP contribution in [0.1, 0.15) is 51.0 Å². The van der Waals surface area contributed by atoms with E-state index in [9.17, 15) is 24.0 Å². The van der Waals surface area contributed by atoms with Crippen LogP contribution >= 0.6 is 11.6 Å². The van der Waals surface area contributed by atoms with Gasteiger partial charge in [-0.15, -0.1) is 0 Å². The van der Waals surface area contributed by atoms with Crippen LogP contribution in [0.2, 0.25) is 5.02 Å². The maximum Gasteiger partial charge on any atom is 0.379 e. The number of halogens is 1. The molecular formula is C29H23ClN2O7. The lowest BCUT2D eigenvalue weighted by molar-refractivity contribution is -0.154. The van der Waals surface area contributed by atoms with Crippen molar-refractivity contribution in [1.29, 1.82) is 0 Å². The van der Waals surface area contributed by atoms with E-state index in [1.54, 1.807) is 6.07 Å². The summed E-state index contributed by atoms with van der Waals surface area (Å²) in [5, 5.41) is 2.15. The van der Waals surface area contributed by atoms with Gasteiger partial charge in [-0.25, -0.2) is 9.80 Å². The van der Waals surface area contributed by atoms with Gasteiger partial charge in [0.15, 0.2) is 5.78 Å². The van der Waals surface area contributed by atoms with Crippen molar-refractivity contribution in [3.05, 3.63) is 100 Å². The van der Waals surface area contributed by atoms with Crippen molar-refractivity contribution in [3.8, 4) is 5.75 Å². The van der Waals surface area contributed by atoms with Crippen molar-refractivity contribution in [3.63, 3.8) is 0 Å². The zero-order chi connectivity index (χ0) is 27.7. The first kappa shape index (κ1) is 26.1. The van der Waals surface area contributed by atoms with E-state index < -0.39 is 47.9 Å². The fraction of sp³-hybridized carbons (Fsp3) is 0.207. The van der Waals surface area contributed by atoms with Crippen LogP contribution in [0.3, 0.4) is 0 Å². The monoisotopic (exact) mass is 546 g/mol. The molecule has 0 unspecified atom stereocenters. The summed E-state index contributed by atoms with van der Waals surface area (Å²) < 4.78 is 10.2. The third-order valence-electron chi connectivity index (χ3n) is 6.77. The summed E-state index contributed by atoms with van der Waals surface area (Å²) >= 11 is 5.96. The van der Waals surface area contributed by atoms with Crippen molar-refractivity contribution in [2.75, 3.05) is 6.54 Å². The summed E-state index contributed by atoms with van der Waals surface area (Å²) in [6.45, 7) is 1.34. The number of nitrogens with zero attached hydrogens (tertiary/aromatic N) is 2. The van der Waals surface area contributed by atoms with Crippen LogP contribution < -0.4 is 4.74 Å². The third kappa shape index (κ3) is 5.26. The number of allylic oxidation sites excluding steroid dienone is 2. The molecule has 3 aromatic rings. The van der Waals surface area contributed by atoms with Gasteiger partial charge >= 0.3 is 5.97 Å². The zero-order valence-corrected chi connectivity index (χ0v) is 21.6. The number of benzene rings is 2. The molecule has 2 heterocycles. The molecule has 5 rings (SSSR count). The van der Waals surface area contributed by atoms with Gasteiger partial charge in [-0.1, -0.05) is 23.3 Å². The molecule has 198 valence electrons. The van der Waals surface area contributed by atoms with Gasteiger partial charge in [0.1, 0.15) is 12.3 Å². The molecule has 2 atom stereocenters. The molecular weight excluding hydrogens is 524 g/mol. The predicted molar refractivity (Wildman–Crippen MR) is 139 cm³/mol. The Bertz CT molecular complexity index is 1480. The molecule has 1 aliphatic heterocycles. The summed E-state index contributed by atoms with van der Waals surface area (Å²) in [6.07, 6.45) is 4.08. The number of rotatable bonds is 7. The minimum absolute atomic E-state index is 0.0254. The Hall–Kier alpha value is -4.50. The van der Waals surface area contributed by atoms with Crippen LogP contribution in [0, 0.1) is 11.8 Å². The van der Waals surface area contributed by atoms with Crippen molar-refractivity contribution >= 4 is 41.1 Å². The highest BCUT2D eigenvalue weighted by Crippen LogP contribution is 2.38. The lowest BCUT2D eigenvalue weighted by Gasteiger charge is -2.30. The van der Waals surface area contributed by atoms with E-state index in [0.717, 1.165) is 15.6 Å². The van der Waals surface area contributed by atoms with Gasteiger partial charge in [0.25, 0.3) is 17.7 Å². The number of ketones is 1. The average molecular weight is 547 g/mol. The Morgan fingerprint density at radius 1 is 0.974 bits per heavy atom. The number of carbonyl (C=O) groups excluding carboxylic acids is 5. The molecule has 1 aromatic heterocycles. The molecule has 39 heavy (non-hydrogen) atoms. The number of hydrogen-bond acceptors (Lipinski definition) is 7. The number of hydrazine groups is 1. The summed E-state index contributed by atoms with van der Waals surface area (Å²) in [5.74, 6) is -3.88. The fourth-order valence-corrected chi connectivity index (χ4v) is 4.85.